The molecule has 1 aromatic heterocycles. The lowest BCUT2D eigenvalue weighted by Gasteiger charge is -2.18. The second-order valence-electron chi connectivity index (χ2n) is 5.09. The number of hydrogen-bond donors (Lipinski definition) is 2. The second-order valence-corrected chi connectivity index (χ2v) is 5.09. The quantitative estimate of drug-likeness (QED) is 0.819. The molecule has 0 aliphatic carbocycles. The fourth-order valence-electron chi connectivity index (χ4n) is 1.38. The number of rotatable bonds is 5. The summed E-state index contributed by atoms with van der Waals surface area (Å²) >= 11 is 0. The molecule has 0 bridgehead atoms. The zero-order chi connectivity index (χ0) is 13.1. The number of carbonyl (C=O) groups is 1. The van der Waals surface area contributed by atoms with Crippen LogP contribution in [0.2, 0.25) is 0 Å². The first-order valence-corrected chi connectivity index (χ1v) is 5.78. The monoisotopic (exact) mass is 239 g/mol. The molecule has 5 heteroatoms. The molecule has 1 rings (SSSR count). The predicted octanol–water partition coefficient (Wildman–Crippen LogP) is 1.68. The van der Waals surface area contributed by atoms with Crippen LogP contribution in [0.15, 0.2) is 10.6 Å². The summed E-state index contributed by atoms with van der Waals surface area (Å²) in [5.41, 5.74) is 5.50. The molecule has 3 N–H and O–H groups in total. The fourth-order valence-corrected chi connectivity index (χ4v) is 1.38. The van der Waals surface area contributed by atoms with Gasteiger partial charge >= 0.3 is 0 Å². The zero-order valence-corrected chi connectivity index (χ0v) is 10.9. The van der Waals surface area contributed by atoms with Crippen LogP contribution in [0.4, 0.5) is 0 Å². The Balaban J connectivity index is 2.41. The van der Waals surface area contributed by atoms with Gasteiger partial charge in [-0.2, -0.15) is 0 Å². The molecule has 0 spiro atoms. The summed E-state index contributed by atoms with van der Waals surface area (Å²) in [6, 6.07) is -0.211. The topological polar surface area (TPSA) is 81.2 Å². The van der Waals surface area contributed by atoms with Crippen LogP contribution in [0.5, 0.6) is 0 Å². The number of carbonyl (C=O) groups excluding carboxylic acids is 1. The number of aromatic nitrogens is 1. The lowest BCUT2D eigenvalue weighted by atomic mass is 10.00. The molecule has 0 aromatic carbocycles. The van der Waals surface area contributed by atoms with Crippen molar-refractivity contribution in [2.75, 3.05) is 0 Å². The van der Waals surface area contributed by atoms with Crippen molar-refractivity contribution in [2.45, 2.75) is 52.1 Å². The molecule has 1 unspecified atom stereocenters. The average molecular weight is 239 g/mol. The van der Waals surface area contributed by atoms with E-state index >= 15 is 0 Å². The van der Waals surface area contributed by atoms with Gasteiger partial charge in [-0.05, 0) is 34.1 Å². The maximum atomic E-state index is 11.6. The van der Waals surface area contributed by atoms with Crippen molar-refractivity contribution in [1.82, 2.24) is 10.3 Å². The van der Waals surface area contributed by atoms with E-state index in [-0.39, 0.29) is 17.5 Å². The fraction of sp³-hybridized carbons (Fsp3) is 0.667. The average Bonchev–Trinajstić information content (AvgIpc) is 2.61. The molecule has 1 amide bonds. The summed E-state index contributed by atoms with van der Waals surface area (Å²) in [5, 5.41) is 2.83. The summed E-state index contributed by atoms with van der Waals surface area (Å²) in [6.45, 7) is 7.47. The van der Waals surface area contributed by atoms with Gasteiger partial charge in [-0.1, -0.05) is 0 Å². The summed E-state index contributed by atoms with van der Waals surface area (Å²) in [5.74, 6) is 1.24. The summed E-state index contributed by atoms with van der Waals surface area (Å²) in [6.07, 6.45) is 2.70. The van der Waals surface area contributed by atoms with Crippen molar-refractivity contribution < 1.29 is 9.21 Å². The maximum absolute atomic E-state index is 11.6. The first-order chi connectivity index (χ1) is 7.78. The van der Waals surface area contributed by atoms with Crippen LogP contribution < -0.4 is 11.1 Å². The first-order valence-electron chi connectivity index (χ1n) is 5.78. The minimum absolute atomic E-state index is 0.0353. The molecule has 0 aliphatic heterocycles. The van der Waals surface area contributed by atoms with Crippen LogP contribution >= 0.6 is 0 Å². The summed E-state index contributed by atoms with van der Waals surface area (Å²) < 4.78 is 5.34. The number of nitrogens with one attached hydrogen (secondary N) is 1. The number of nitrogens with zero attached hydrogens (tertiary/aromatic N) is 1. The van der Waals surface area contributed by atoms with E-state index in [1.165, 1.54) is 0 Å². The molecule has 0 fully saturated rings. The third kappa shape index (κ3) is 4.99. The van der Waals surface area contributed by atoms with E-state index in [0.29, 0.717) is 18.7 Å². The molecule has 5 nitrogen and oxygen atoms in total. The number of amides is 1. The lowest BCUT2D eigenvalue weighted by molar-refractivity contribution is -0.122. The maximum Gasteiger partial charge on any atom is 0.220 e. The van der Waals surface area contributed by atoms with Gasteiger partial charge in [0.05, 0.1) is 6.20 Å². The third-order valence-electron chi connectivity index (χ3n) is 2.38. The molecule has 0 aliphatic rings. The highest BCUT2D eigenvalue weighted by Crippen LogP contribution is 2.13. The van der Waals surface area contributed by atoms with E-state index in [1.807, 2.05) is 27.7 Å². The van der Waals surface area contributed by atoms with Crippen LogP contribution in [0, 0.1) is 6.92 Å². The van der Waals surface area contributed by atoms with E-state index in [2.05, 4.69) is 10.3 Å². The molecule has 17 heavy (non-hydrogen) atoms. The Bertz CT molecular complexity index is 379. The number of aryl methyl sites for hydroxylation is 1. The highest BCUT2D eigenvalue weighted by atomic mass is 16.4. The van der Waals surface area contributed by atoms with E-state index < -0.39 is 0 Å². The van der Waals surface area contributed by atoms with Crippen LogP contribution in [0.1, 0.15) is 51.3 Å². The zero-order valence-electron chi connectivity index (χ0n) is 10.9. The highest BCUT2D eigenvalue weighted by Gasteiger charge is 2.17. The van der Waals surface area contributed by atoms with E-state index in [9.17, 15) is 4.79 Å². The Morgan fingerprint density at radius 2 is 2.29 bits per heavy atom. The Morgan fingerprint density at radius 1 is 1.65 bits per heavy atom. The molecular weight excluding hydrogens is 218 g/mol. The van der Waals surface area contributed by atoms with Gasteiger partial charge in [0.25, 0.3) is 0 Å². The first kappa shape index (κ1) is 13.7. The van der Waals surface area contributed by atoms with Crippen molar-refractivity contribution in [1.29, 1.82) is 0 Å². The molecule has 96 valence electrons. The van der Waals surface area contributed by atoms with Gasteiger partial charge in [0.1, 0.15) is 11.8 Å². The van der Waals surface area contributed by atoms with E-state index in [0.717, 1.165) is 5.76 Å². The van der Waals surface area contributed by atoms with Gasteiger partial charge in [-0.25, -0.2) is 4.98 Å². The lowest BCUT2D eigenvalue weighted by Crippen LogP contribution is -2.35. The Morgan fingerprint density at radius 3 is 2.76 bits per heavy atom. The van der Waals surface area contributed by atoms with E-state index in [4.69, 9.17) is 10.2 Å². The SMILES string of the molecule is Cc1cnc(C(C)NC(=O)CCC(C)(C)N)o1. The Kier molecular flexibility index (Phi) is 4.28. The van der Waals surface area contributed by atoms with Crippen LogP contribution in [-0.4, -0.2) is 16.4 Å². The number of hydrogen-bond acceptors (Lipinski definition) is 4. The van der Waals surface area contributed by atoms with Crippen LogP contribution in [0.3, 0.4) is 0 Å². The number of nitrogens with two attached hydrogens (primary N) is 1. The van der Waals surface area contributed by atoms with Crippen molar-refractivity contribution >= 4 is 5.91 Å². The second kappa shape index (κ2) is 5.31. The molecule has 1 aromatic rings. The van der Waals surface area contributed by atoms with Gasteiger partial charge < -0.3 is 15.5 Å². The minimum atomic E-state index is -0.319. The van der Waals surface area contributed by atoms with Gasteiger partial charge in [-0.3, -0.25) is 4.79 Å². The predicted molar refractivity (Wildman–Crippen MR) is 65.3 cm³/mol. The molecule has 0 radical (unpaired) electrons. The highest BCUT2D eigenvalue weighted by molar-refractivity contribution is 5.76. The molecular formula is C12H21N3O2. The van der Waals surface area contributed by atoms with E-state index in [1.54, 1.807) is 6.20 Å². The third-order valence-corrected chi connectivity index (χ3v) is 2.38. The largest absolute Gasteiger partial charge is 0.444 e. The Labute approximate surface area is 102 Å². The van der Waals surface area contributed by atoms with Gasteiger partial charge in [0.15, 0.2) is 0 Å². The molecule has 0 saturated heterocycles. The van der Waals surface area contributed by atoms with Crippen LogP contribution in [0.25, 0.3) is 0 Å². The van der Waals surface area contributed by atoms with Crippen molar-refractivity contribution in [3.8, 4) is 0 Å². The molecule has 0 saturated carbocycles. The van der Waals surface area contributed by atoms with Crippen molar-refractivity contribution in [2.24, 2.45) is 5.73 Å². The standard InChI is InChI=1S/C12H21N3O2/c1-8-7-14-11(17-8)9(2)15-10(16)5-6-12(3,4)13/h7,9H,5-6,13H2,1-4H3,(H,15,16). The minimum Gasteiger partial charge on any atom is -0.444 e. The van der Waals surface area contributed by atoms with Gasteiger partial charge in [-0.15, -0.1) is 0 Å². The summed E-state index contributed by atoms with van der Waals surface area (Å²) in [7, 11) is 0. The van der Waals surface area contributed by atoms with Crippen LogP contribution in [-0.2, 0) is 4.79 Å². The van der Waals surface area contributed by atoms with Gasteiger partial charge in [0, 0.05) is 12.0 Å². The Hall–Kier alpha value is -1.36. The molecule has 1 heterocycles. The summed E-state index contributed by atoms with van der Waals surface area (Å²) in [4.78, 5) is 15.7. The van der Waals surface area contributed by atoms with Crippen molar-refractivity contribution in [3.63, 3.8) is 0 Å². The smallest absolute Gasteiger partial charge is 0.220 e. The number of oxazole rings is 1. The van der Waals surface area contributed by atoms with Crippen molar-refractivity contribution in [3.05, 3.63) is 17.8 Å². The molecule has 1 atom stereocenters. The normalized spacial score (nSPS) is 13.5. The van der Waals surface area contributed by atoms with Gasteiger partial charge in [0.2, 0.25) is 11.8 Å².